The lowest BCUT2D eigenvalue weighted by Crippen LogP contribution is -2.14. The highest BCUT2D eigenvalue weighted by Crippen LogP contribution is 2.32. The number of nitrogens with zero attached hydrogens (tertiary/aromatic N) is 2. The highest BCUT2D eigenvalue weighted by molar-refractivity contribution is 5.90. The first-order chi connectivity index (χ1) is 18.6. The van der Waals surface area contributed by atoms with Crippen LogP contribution in [0.15, 0.2) is 73.1 Å². The van der Waals surface area contributed by atoms with E-state index >= 15 is 0 Å². The fourth-order valence-electron chi connectivity index (χ4n) is 6.00. The normalized spacial score (nSPS) is 23.4. The lowest BCUT2D eigenvalue weighted by atomic mass is 9.98. The van der Waals surface area contributed by atoms with Gasteiger partial charge in [0, 0.05) is 5.56 Å². The molecule has 5 aromatic rings. The van der Waals surface area contributed by atoms with Crippen LogP contribution in [0.5, 0.6) is 0 Å². The maximum atomic E-state index is 4.67. The molecule has 0 saturated carbocycles. The molecule has 0 amide bonds. The molecule has 4 N–H and O–H groups in total. The van der Waals surface area contributed by atoms with Crippen LogP contribution in [0.4, 0.5) is 0 Å². The number of H-pyrrole nitrogens is 2. The second-order valence-corrected chi connectivity index (χ2v) is 11.3. The van der Waals surface area contributed by atoms with Gasteiger partial charge in [-0.1, -0.05) is 62.4 Å². The minimum atomic E-state index is 0.330. The fraction of sp³-hybridized carbons (Fsp3) is 0.312. The van der Waals surface area contributed by atoms with Crippen LogP contribution in [0.25, 0.3) is 44.4 Å². The number of nitrogens with one attached hydrogen (secondary N) is 4. The van der Waals surface area contributed by atoms with Gasteiger partial charge in [-0.05, 0) is 77.4 Å². The summed E-state index contributed by atoms with van der Waals surface area (Å²) in [6, 6.07) is 22.8. The van der Waals surface area contributed by atoms with E-state index in [2.05, 4.69) is 105 Å². The van der Waals surface area contributed by atoms with E-state index in [1.165, 1.54) is 27.5 Å². The van der Waals surface area contributed by atoms with Crippen LogP contribution in [0.1, 0.15) is 50.4 Å². The average molecular weight is 503 g/mol. The Hall–Kier alpha value is -3.74. The van der Waals surface area contributed by atoms with E-state index in [9.17, 15) is 0 Å². The minimum absolute atomic E-state index is 0.330. The van der Waals surface area contributed by atoms with Crippen molar-refractivity contribution in [2.75, 3.05) is 13.1 Å². The average Bonchev–Trinajstić information content (AvgIpc) is 3.75. The Balaban J connectivity index is 1.09. The van der Waals surface area contributed by atoms with Gasteiger partial charge in [-0.15, -0.1) is 0 Å². The highest BCUT2D eigenvalue weighted by atomic mass is 15.0. The monoisotopic (exact) mass is 502 g/mol. The SMILES string of the molecule is CC1CNC(c2ncc(-c3ccc(-c4ccc5cc(-c6cnc(C7CC(C)CN7)[nH]6)ccc5c4)cc3)[nH]2)C1. The van der Waals surface area contributed by atoms with E-state index in [1.54, 1.807) is 0 Å². The van der Waals surface area contributed by atoms with Crippen molar-refractivity contribution in [1.29, 1.82) is 0 Å². The summed E-state index contributed by atoms with van der Waals surface area (Å²) in [4.78, 5) is 16.4. The van der Waals surface area contributed by atoms with Crippen LogP contribution in [-0.4, -0.2) is 33.0 Å². The lowest BCUT2D eigenvalue weighted by molar-refractivity contribution is 0.588. The molecule has 6 heteroatoms. The molecule has 3 aromatic carbocycles. The molecule has 6 nitrogen and oxygen atoms in total. The summed E-state index contributed by atoms with van der Waals surface area (Å²) in [6.07, 6.45) is 6.19. The Morgan fingerprint density at radius 3 is 1.61 bits per heavy atom. The van der Waals surface area contributed by atoms with Gasteiger partial charge in [0.05, 0.1) is 35.9 Å². The van der Waals surface area contributed by atoms with E-state index in [-0.39, 0.29) is 0 Å². The molecule has 38 heavy (non-hydrogen) atoms. The summed E-state index contributed by atoms with van der Waals surface area (Å²) in [5, 5.41) is 9.58. The van der Waals surface area contributed by atoms with Gasteiger partial charge in [0.15, 0.2) is 0 Å². The van der Waals surface area contributed by atoms with Crippen molar-refractivity contribution in [3.63, 3.8) is 0 Å². The van der Waals surface area contributed by atoms with Crippen molar-refractivity contribution >= 4 is 10.8 Å². The van der Waals surface area contributed by atoms with Crippen LogP contribution >= 0.6 is 0 Å². The molecule has 0 aliphatic carbocycles. The van der Waals surface area contributed by atoms with Crippen LogP contribution < -0.4 is 10.6 Å². The lowest BCUT2D eigenvalue weighted by Gasteiger charge is -2.08. The Morgan fingerprint density at radius 2 is 1.05 bits per heavy atom. The van der Waals surface area contributed by atoms with E-state index in [1.807, 2.05) is 12.4 Å². The standard InChI is InChI=1S/C32H34N6/c1-19-11-27(33-15-19)31-35-17-29(37-31)22-5-3-21(4-6-22)23-7-8-25-14-26(10-9-24(25)13-23)30-18-36-32(38-30)28-12-20(2)16-34-28/h3-10,13-14,17-20,27-28,33-34H,11-12,15-16H2,1-2H3,(H,35,37)(H,36,38). The second kappa shape index (κ2) is 9.53. The summed E-state index contributed by atoms with van der Waals surface area (Å²) in [6.45, 7) is 6.69. The molecule has 2 fully saturated rings. The van der Waals surface area contributed by atoms with Gasteiger partial charge >= 0.3 is 0 Å². The smallest absolute Gasteiger partial charge is 0.123 e. The second-order valence-electron chi connectivity index (χ2n) is 11.3. The Morgan fingerprint density at radius 1 is 0.579 bits per heavy atom. The summed E-state index contributed by atoms with van der Waals surface area (Å²) in [5.41, 5.74) is 6.90. The highest BCUT2D eigenvalue weighted by Gasteiger charge is 2.25. The first-order valence-electron chi connectivity index (χ1n) is 13.8. The third kappa shape index (κ3) is 4.44. The Bertz CT molecular complexity index is 1580. The maximum absolute atomic E-state index is 4.67. The third-order valence-corrected chi connectivity index (χ3v) is 8.23. The number of imidazole rings is 2. The number of fused-ring (bicyclic) bond motifs is 1. The Kier molecular flexibility index (Phi) is 5.87. The van der Waals surface area contributed by atoms with Crippen LogP contribution in [0.3, 0.4) is 0 Å². The summed E-state index contributed by atoms with van der Waals surface area (Å²) in [5.74, 6) is 3.47. The number of rotatable bonds is 5. The van der Waals surface area contributed by atoms with E-state index in [4.69, 9.17) is 0 Å². The van der Waals surface area contributed by atoms with Crippen molar-refractivity contribution in [3.8, 4) is 33.6 Å². The van der Waals surface area contributed by atoms with Gasteiger partial charge < -0.3 is 20.6 Å². The predicted octanol–water partition coefficient (Wildman–Crippen LogP) is 6.63. The number of hydrogen-bond acceptors (Lipinski definition) is 4. The van der Waals surface area contributed by atoms with Crippen LogP contribution in [-0.2, 0) is 0 Å². The summed E-state index contributed by atoms with van der Waals surface area (Å²) in [7, 11) is 0. The zero-order chi connectivity index (χ0) is 25.6. The van der Waals surface area contributed by atoms with Crippen LogP contribution in [0.2, 0.25) is 0 Å². The minimum Gasteiger partial charge on any atom is -0.341 e. The van der Waals surface area contributed by atoms with Gasteiger partial charge in [-0.25, -0.2) is 9.97 Å². The Labute approximate surface area is 223 Å². The molecule has 0 spiro atoms. The molecular formula is C32H34N6. The number of aromatic amines is 2. The number of benzene rings is 3. The zero-order valence-electron chi connectivity index (χ0n) is 22.0. The molecule has 2 aromatic heterocycles. The molecule has 2 aliphatic heterocycles. The topological polar surface area (TPSA) is 81.4 Å². The maximum Gasteiger partial charge on any atom is 0.123 e. The van der Waals surface area contributed by atoms with E-state index in [0.717, 1.165) is 54.5 Å². The number of aromatic nitrogens is 4. The molecular weight excluding hydrogens is 468 g/mol. The molecule has 4 unspecified atom stereocenters. The molecule has 192 valence electrons. The summed E-state index contributed by atoms with van der Waals surface area (Å²) >= 11 is 0. The van der Waals surface area contributed by atoms with Crippen molar-refractivity contribution in [2.24, 2.45) is 11.8 Å². The quantitative estimate of drug-likeness (QED) is 0.217. The van der Waals surface area contributed by atoms with Gasteiger partial charge in [0.25, 0.3) is 0 Å². The van der Waals surface area contributed by atoms with Crippen molar-refractivity contribution in [1.82, 2.24) is 30.6 Å². The van der Waals surface area contributed by atoms with Crippen molar-refractivity contribution in [2.45, 2.75) is 38.8 Å². The van der Waals surface area contributed by atoms with E-state index in [0.29, 0.717) is 23.9 Å². The molecule has 2 saturated heterocycles. The van der Waals surface area contributed by atoms with Gasteiger partial charge in [0.1, 0.15) is 11.6 Å². The molecule has 7 rings (SSSR count). The fourth-order valence-corrected chi connectivity index (χ4v) is 6.00. The molecule has 4 atom stereocenters. The molecule has 0 radical (unpaired) electrons. The van der Waals surface area contributed by atoms with Crippen LogP contribution in [0, 0.1) is 11.8 Å². The van der Waals surface area contributed by atoms with E-state index < -0.39 is 0 Å². The third-order valence-electron chi connectivity index (χ3n) is 8.23. The van der Waals surface area contributed by atoms with Gasteiger partial charge in [-0.2, -0.15) is 0 Å². The molecule has 4 heterocycles. The van der Waals surface area contributed by atoms with Gasteiger partial charge in [0.2, 0.25) is 0 Å². The largest absolute Gasteiger partial charge is 0.341 e. The molecule has 0 bridgehead atoms. The number of hydrogen-bond donors (Lipinski definition) is 4. The molecule has 2 aliphatic rings. The first-order valence-corrected chi connectivity index (χ1v) is 13.8. The first kappa shape index (κ1) is 23.4. The van der Waals surface area contributed by atoms with Crippen molar-refractivity contribution in [3.05, 3.63) is 84.7 Å². The van der Waals surface area contributed by atoms with Crippen molar-refractivity contribution < 1.29 is 0 Å². The predicted molar refractivity (Wildman–Crippen MR) is 154 cm³/mol. The summed E-state index contributed by atoms with van der Waals surface area (Å²) < 4.78 is 0. The van der Waals surface area contributed by atoms with Gasteiger partial charge in [-0.3, -0.25) is 0 Å². The zero-order valence-corrected chi connectivity index (χ0v) is 22.0.